The van der Waals surface area contributed by atoms with E-state index in [1.807, 2.05) is 20.0 Å². The van der Waals surface area contributed by atoms with Crippen molar-refractivity contribution in [3.8, 4) is 5.75 Å². The van der Waals surface area contributed by atoms with Crippen LogP contribution in [-0.2, 0) is 0 Å². The third-order valence-corrected chi connectivity index (χ3v) is 3.71. The van der Waals surface area contributed by atoms with Gasteiger partial charge in [-0.15, -0.1) is 0 Å². The van der Waals surface area contributed by atoms with Crippen LogP contribution >= 0.6 is 0 Å². The Labute approximate surface area is 130 Å². The molecule has 0 aliphatic heterocycles. The number of aromatic carboxylic acids is 1. The van der Waals surface area contributed by atoms with Gasteiger partial charge in [0.05, 0.1) is 11.8 Å². The Morgan fingerprint density at radius 2 is 2.09 bits per heavy atom. The van der Waals surface area contributed by atoms with Gasteiger partial charge in [-0.3, -0.25) is 0 Å². The van der Waals surface area contributed by atoms with E-state index in [9.17, 15) is 9.90 Å². The summed E-state index contributed by atoms with van der Waals surface area (Å²) in [6, 6.07) is 1.71. The Kier molecular flexibility index (Phi) is 5.06. The molecule has 5 heteroatoms. The van der Waals surface area contributed by atoms with Gasteiger partial charge in [-0.2, -0.15) is 0 Å². The van der Waals surface area contributed by atoms with Crippen LogP contribution in [0, 0.1) is 0 Å². The molecule has 0 saturated heterocycles. The number of carboxylic acids is 1. The smallest absolute Gasteiger partial charge is 0.341 e. The first-order valence-corrected chi connectivity index (χ1v) is 7.88. The van der Waals surface area contributed by atoms with Gasteiger partial charge in [-0.1, -0.05) is 20.3 Å². The molecular weight excluding hydrogens is 280 g/mol. The minimum absolute atomic E-state index is 0.0848. The maximum Gasteiger partial charge on any atom is 0.341 e. The van der Waals surface area contributed by atoms with E-state index in [-0.39, 0.29) is 11.7 Å². The molecule has 22 heavy (non-hydrogen) atoms. The topological polar surface area (TPSA) is 63.8 Å². The molecule has 2 aromatic rings. The number of hydrogen-bond acceptors (Lipinski definition) is 3. The maximum absolute atomic E-state index is 11.4. The highest BCUT2D eigenvalue weighted by molar-refractivity contribution is 5.91. The van der Waals surface area contributed by atoms with Gasteiger partial charge in [0, 0.05) is 24.4 Å². The van der Waals surface area contributed by atoms with Crippen LogP contribution in [0.1, 0.15) is 68.9 Å². The zero-order valence-corrected chi connectivity index (χ0v) is 13.7. The van der Waals surface area contributed by atoms with Crippen molar-refractivity contribution in [2.45, 2.75) is 59.0 Å². The third-order valence-electron chi connectivity index (χ3n) is 3.71. The maximum atomic E-state index is 11.4. The lowest BCUT2D eigenvalue weighted by molar-refractivity contribution is 0.0690. The van der Waals surface area contributed by atoms with Crippen LogP contribution in [-0.4, -0.2) is 26.6 Å². The number of rotatable bonds is 7. The van der Waals surface area contributed by atoms with E-state index in [4.69, 9.17) is 4.74 Å². The van der Waals surface area contributed by atoms with Gasteiger partial charge in [0.25, 0.3) is 0 Å². The van der Waals surface area contributed by atoms with Crippen molar-refractivity contribution >= 4 is 11.6 Å². The fourth-order valence-electron chi connectivity index (χ4n) is 2.65. The lowest BCUT2D eigenvalue weighted by Crippen LogP contribution is -2.10. The van der Waals surface area contributed by atoms with Crippen molar-refractivity contribution in [1.82, 2.24) is 9.38 Å². The summed E-state index contributed by atoms with van der Waals surface area (Å²) in [7, 11) is 0. The summed E-state index contributed by atoms with van der Waals surface area (Å²) in [6.07, 6.45) is 6.66. The second-order valence-corrected chi connectivity index (χ2v) is 5.85. The Morgan fingerprint density at radius 3 is 2.64 bits per heavy atom. The molecule has 0 aliphatic rings. The average molecular weight is 304 g/mol. The zero-order chi connectivity index (χ0) is 16.3. The average Bonchev–Trinajstić information content (AvgIpc) is 2.85. The molecule has 1 N–H and O–H groups in total. The molecule has 120 valence electrons. The molecular formula is C17H24N2O3. The number of nitrogens with zero attached hydrogens (tertiary/aromatic N) is 2. The summed E-state index contributed by atoms with van der Waals surface area (Å²) in [5.74, 6) is -0.211. The third kappa shape index (κ3) is 3.40. The van der Waals surface area contributed by atoms with E-state index in [1.54, 1.807) is 16.7 Å². The number of hydrogen-bond donors (Lipinski definition) is 1. The summed E-state index contributed by atoms with van der Waals surface area (Å²) in [5, 5.41) is 9.37. The molecule has 5 nitrogen and oxygen atoms in total. The first kappa shape index (κ1) is 16.3. The minimum Gasteiger partial charge on any atom is -0.490 e. The summed E-state index contributed by atoms with van der Waals surface area (Å²) in [6.45, 7) is 8.07. The summed E-state index contributed by atoms with van der Waals surface area (Å²) < 4.78 is 7.41. The highest BCUT2D eigenvalue weighted by Gasteiger charge is 2.18. The summed E-state index contributed by atoms with van der Waals surface area (Å²) in [5.41, 5.74) is 1.90. The number of ether oxygens (including phenoxy) is 1. The van der Waals surface area contributed by atoms with E-state index < -0.39 is 5.97 Å². The second kappa shape index (κ2) is 6.81. The predicted molar refractivity (Wildman–Crippen MR) is 85.9 cm³/mol. The molecule has 1 atom stereocenters. The quantitative estimate of drug-likeness (QED) is 0.836. The van der Waals surface area contributed by atoms with Gasteiger partial charge in [-0.05, 0) is 26.7 Å². The fourth-order valence-corrected chi connectivity index (χ4v) is 2.65. The van der Waals surface area contributed by atoms with E-state index >= 15 is 0 Å². The molecule has 0 spiro atoms. The van der Waals surface area contributed by atoms with Crippen LogP contribution in [0.4, 0.5) is 0 Å². The van der Waals surface area contributed by atoms with E-state index in [1.165, 1.54) is 0 Å². The molecule has 0 amide bonds. The minimum atomic E-state index is -0.992. The molecule has 2 heterocycles. The molecule has 1 unspecified atom stereocenters. The van der Waals surface area contributed by atoms with Crippen molar-refractivity contribution in [3.63, 3.8) is 0 Å². The SMILES string of the molecule is CCCC(CC)c1cn2cc(C(=O)O)c(OC(C)C)cc2n1. The number of carboxylic acid groups (broad SMARTS) is 1. The molecule has 2 aromatic heterocycles. The van der Waals surface area contributed by atoms with Gasteiger partial charge in [0.2, 0.25) is 0 Å². The standard InChI is InChI=1S/C17H24N2O3/c1-5-7-12(6-2)14-10-19-9-13(17(20)21)15(22-11(3)4)8-16(19)18-14/h8-12H,5-7H2,1-4H3,(H,20,21). The largest absolute Gasteiger partial charge is 0.490 e. The van der Waals surface area contributed by atoms with Gasteiger partial charge in [-0.25, -0.2) is 9.78 Å². The number of pyridine rings is 1. The summed E-state index contributed by atoms with van der Waals surface area (Å²) >= 11 is 0. The molecule has 0 aliphatic carbocycles. The lowest BCUT2D eigenvalue weighted by Gasteiger charge is -2.12. The molecule has 2 rings (SSSR count). The van der Waals surface area contributed by atoms with E-state index in [0.29, 0.717) is 11.7 Å². The van der Waals surface area contributed by atoms with E-state index in [2.05, 4.69) is 18.8 Å². The van der Waals surface area contributed by atoms with Crippen LogP contribution in [0.3, 0.4) is 0 Å². The first-order valence-electron chi connectivity index (χ1n) is 7.88. The summed E-state index contributed by atoms with van der Waals surface area (Å²) in [4.78, 5) is 16.1. The highest BCUT2D eigenvalue weighted by atomic mass is 16.5. The van der Waals surface area contributed by atoms with Crippen LogP contribution in [0.2, 0.25) is 0 Å². The predicted octanol–water partition coefficient (Wildman–Crippen LogP) is 4.11. The van der Waals surface area contributed by atoms with Crippen LogP contribution < -0.4 is 4.74 Å². The van der Waals surface area contributed by atoms with Crippen LogP contribution in [0.25, 0.3) is 5.65 Å². The van der Waals surface area contributed by atoms with Crippen molar-refractivity contribution in [2.24, 2.45) is 0 Å². The van der Waals surface area contributed by atoms with Crippen LogP contribution in [0.15, 0.2) is 18.5 Å². The van der Waals surface area contributed by atoms with Gasteiger partial charge < -0.3 is 14.2 Å². The molecule has 0 fully saturated rings. The highest BCUT2D eigenvalue weighted by Crippen LogP contribution is 2.27. The van der Waals surface area contributed by atoms with Crippen LogP contribution in [0.5, 0.6) is 5.75 Å². The van der Waals surface area contributed by atoms with Gasteiger partial charge in [0.15, 0.2) is 0 Å². The van der Waals surface area contributed by atoms with Gasteiger partial charge >= 0.3 is 5.97 Å². The molecule has 0 radical (unpaired) electrons. The Hall–Kier alpha value is -2.04. The molecule has 0 bridgehead atoms. The van der Waals surface area contributed by atoms with Gasteiger partial charge in [0.1, 0.15) is 17.0 Å². The molecule has 0 saturated carbocycles. The number of aromatic nitrogens is 2. The van der Waals surface area contributed by atoms with E-state index in [0.717, 1.165) is 30.6 Å². The monoisotopic (exact) mass is 304 g/mol. The fraction of sp³-hybridized carbons (Fsp3) is 0.529. The number of imidazole rings is 1. The van der Waals surface area contributed by atoms with Crippen molar-refractivity contribution in [2.75, 3.05) is 0 Å². The molecule has 0 aromatic carbocycles. The number of carbonyl (C=O) groups is 1. The van der Waals surface area contributed by atoms with Crippen molar-refractivity contribution < 1.29 is 14.6 Å². The second-order valence-electron chi connectivity index (χ2n) is 5.85. The lowest BCUT2D eigenvalue weighted by atomic mass is 9.98. The first-order chi connectivity index (χ1) is 10.5. The Morgan fingerprint density at radius 1 is 1.36 bits per heavy atom. The zero-order valence-electron chi connectivity index (χ0n) is 13.7. The normalized spacial score (nSPS) is 12.8. The Balaban J connectivity index is 2.49. The Bertz CT molecular complexity index is 661. The van der Waals surface area contributed by atoms with Crippen molar-refractivity contribution in [1.29, 1.82) is 0 Å². The van der Waals surface area contributed by atoms with Crippen molar-refractivity contribution in [3.05, 3.63) is 29.7 Å². The number of fused-ring (bicyclic) bond motifs is 1.